The zero-order chi connectivity index (χ0) is 16.1. The SMILES string of the molecule is O=S(=O)(NCCn1ccnc1-c1ncccn1)c1ccccc1. The van der Waals surface area contributed by atoms with E-state index in [1.54, 1.807) is 61.2 Å². The fraction of sp³-hybridized carbons (Fsp3) is 0.133. The summed E-state index contributed by atoms with van der Waals surface area (Å²) in [7, 11) is -3.51. The Balaban J connectivity index is 1.68. The average molecular weight is 329 g/mol. The van der Waals surface area contributed by atoms with Crippen LogP contribution in [0.5, 0.6) is 0 Å². The topological polar surface area (TPSA) is 89.8 Å². The van der Waals surface area contributed by atoms with Crippen LogP contribution in [0.2, 0.25) is 0 Å². The Labute approximate surface area is 134 Å². The van der Waals surface area contributed by atoms with Crippen molar-refractivity contribution in [2.45, 2.75) is 11.4 Å². The maximum absolute atomic E-state index is 12.2. The molecule has 1 aromatic carbocycles. The standard InChI is InChI=1S/C15H15N5O2S/c21-23(22,13-5-2-1-3-6-13)19-10-12-20-11-9-18-15(20)14-16-7-4-8-17-14/h1-9,11,19H,10,12H2. The van der Waals surface area contributed by atoms with E-state index in [0.717, 1.165) is 0 Å². The van der Waals surface area contributed by atoms with E-state index in [-0.39, 0.29) is 11.4 Å². The lowest BCUT2D eigenvalue weighted by atomic mass is 10.4. The van der Waals surface area contributed by atoms with Crippen molar-refractivity contribution in [2.24, 2.45) is 0 Å². The molecule has 0 saturated heterocycles. The third-order valence-corrected chi connectivity index (χ3v) is 4.66. The van der Waals surface area contributed by atoms with Crippen molar-refractivity contribution in [3.63, 3.8) is 0 Å². The van der Waals surface area contributed by atoms with Gasteiger partial charge in [-0.25, -0.2) is 28.1 Å². The van der Waals surface area contributed by atoms with Crippen LogP contribution in [-0.2, 0) is 16.6 Å². The van der Waals surface area contributed by atoms with E-state index < -0.39 is 10.0 Å². The van der Waals surface area contributed by atoms with Crippen molar-refractivity contribution >= 4 is 10.0 Å². The van der Waals surface area contributed by atoms with Gasteiger partial charge in [-0.15, -0.1) is 0 Å². The molecule has 1 N–H and O–H groups in total. The number of hydrogen-bond donors (Lipinski definition) is 1. The minimum absolute atomic E-state index is 0.243. The third-order valence-electron chi connectivity index (χ3n) is 3.18. The van der Waals surface area contributed by atoms with Crippen LogP contribution in [0.1, 0.15) is 0 Å². The van der Waals surface area contributed by atoms with Crippen LogP contribution in [0, 0.1) is 0 Å². The Morgan fingerprint density at radius 2 is 1.70 bits per heavy atom. The van der Waals surface area contributed by atoms with E-state index >= 15 is 0 Å². The Morgan fingerprint density at radius 3 is 2.43 bits per heavy atom. The lowest BCUT2D eigenvalue weighted by molar-refractivity contribution is 0.573. The summed E-state index contributed by atoms with van der Waals surface area (Å²) in [6.07, 6.45) is 6.68. The molecule has 2 heterocycles. The van der Waals surface area contributed by atoms with Crippen molar-refractivity contribution < 1.29 is 8.42 Å². The Morgan fingerprint density at radius 1 is 0.957 bits per heavy atom. The van der Waals surface area contributed by atoms with E-state index in [4.69, 9.17) is 0 Å². The first-order valence-electron chi connectivity index (χ1n) is 7.00. The molecule has 23 heavy (non-hydrogen) atoms. The monoisotopic (exact) mass is 329 g/mol. The highest BCUT2D eigenvalue weighted by atomic mass is 32.2. The number of aromatic nitrogens is 4. The quantitative estimate of drug-likeness (QED) is 0.736. The second-order valence-corrected chi connectivity index (χ2v) is 6.49. The number of nitrogens with zero attached hydrogens (tertiary/aromatic N) is 4. The highest BCUT2D eigenvalue weighted by Gasteiger charge is 2.13. The van der Waals surface area contributed by atoms with Crippen molar-refractivity contribution in [3.8, 4) is 11.6 Å². The molecule has 0 saturated carbocycles. The molecular formula is C15H15N5O2S. The highest BCUT2D eigenvalue weighted by molar-refractivity contribution is 7.89. The van der Waals surface area contributed by atoms with Gasteiger partial charge in [0.2, 0.25) is 10.0 Å². The van der Waals surface area contributed by atoms with Crippen LogP contribution in [0.25, 0.3) is 11.6 Å². The number of benzene rings is 1. The summed E-state index contributed by atoms with van der Waals surface area (Å²) in [6.45, 7) is 0.674. The summed E-state index contributed by atoms with van der Waals surface area (Å²) < 4.78 is 28.7. The first-order chi connectivity index (χ1) is 11.2. The minimum Gasteiger partial charge on any atom is -0.327 e. The van der Waals surface area contributed by atoms with Crippen molar-refractivity contribution in [1.29, 1.82) is 0 Å². The molecule has 0 spiro atoms. The van der Waals surface area contributed by atoms with Crippen molar-refractivity contribution in [1.82, 2.24) is 24.2 Å². The molecule has 118 valence electrons. The van der Waals surface area contributed by atoms with Gasteiger partial charge in [0, 0.05) is 37.9 Å². The molecule has 0 aliphatic carbocycles. The highest BCUT2D eigenvalue weighted by Crippen LogP contribution is 2.11. The molecular weight excluding hydrogens is 314 g/mol. The summed E-state index contributed by atoms with van der Waals surface area (Å²) in [4.78, 5) is 12.8. The van der Waals surface area contributed by atoms with Gasteiger partial charge < -0.3 is 4.57 Å². The number of imidazole rings is 1. The second kappa shape index (κ2) is 6.67. The van der Waals surface area contributed by atoms with Gasteiger partial charge in [-0.05, 0) is 18.2 Å². The van der Waals surface area contributed by atoms with Gasteiger partial charge >= 0.3 is 0 Å². The van der Waals surface area contributed by atoms with Crippen molar-refractivity contribution in [2.75, 3.05) is 6.54 Å². The molecule has 0 fully saturated rings. The molecule has 0 unspecified atom stereocenters. The van der Waals surface area contributed by atoms with Gasteiger partial charge in [0.1, 0.15) is 0 Å². The van der Waals surface area contributed by atoms with Gasteiger partial charge in [-0.1, -0.05) is 18.2 Å². The minimum atomic E-state index is -3.51. The molecule has 0 amide bonds. The second-order valence-electron chi connectivity index (χ2n) is 4.73. The number of hydrogen-bond acceptors (Lipinski definition) is 5. The fourth-order valence-electron chi connectivity index (χ4n) is 2.09. The lowest BCUT2D eigenvalue weighted by Crippen LogP contribution is -2.27. The number of nitrogens with one attached hydrogen (secondary N) is 1. The average Bonchev–Trinajstić information content (AvgIpc) is 3.05. The molecule has 0 atom stereocenters. The summed E-state index contributed by atoms with van der Waals surface area (Å²) in [5.41, 5.74) is 0. The van der Waals surface area contributed by atoms with Gasteiger partial charge in [-0.3, -0.25) is 0 Å². The molecule has 3 rings (SSSR count). The third kappa shape index (κ3) is 3.61. The smallest absolute Gasteiger partial charge is 0.240 e. The summed E-state index contributed by atoms with van der Waals surface area (Å²) >= 11 is 0. The van der Waals surface area contributed by atoms with Crippen LogP contribution in [-0.4, -0.2) is 34.5 Å². The zero-order valence-corrected chi connectivity index (χ0v) is 13.0. The largest absolute Gasteiger partial charge is 0.327 e. The Bertz CT molecular complexity index is 863. The lowest BCUT2D eigenvalue weighted by Gasteiger charge is -2.09. The van der Waals surface area contributed by atoms with Gasteiger partial charge in [0.05, 0.1) is 4.90 Å². The van der Waals surface area contributed by atoms with Crippen LogP contribution in [0.3, 0.4) is 0 Å². The zero-order valence-electron chi connectivity index (χ0n) is 12.2. The molecule has 8 heteroatoms. The molecule has 0 bridgehead atoms. The fourth-order valence-corrected chi connectivity index (χ4v) is 3.14. The molecule has 0 radical (unpaired) electrons. The van der Waals surface area contributed by atoms with Crippen molar-refractivity contribution in [3.05, 3.63) is 61.2 Å². The van der Waals surface area contributed by atoms with Crippen LogP contribution >= 0.6 is 0 Å². The van der Waals surface area contributed by atoms with Crippen LogP contribution < -0.4 is 4.72 Å². The predicted molar refractivity (Wildman–Crippen MR) is 84.9 cm³/mol. The molecule has 0 aliphatic heterocycles. The molecule has 2 aromatic heterocycles. The van der Waals surface area contributed by atoms with E-state index in [9.17, 15) is 8.42 Å². The first kappa shape index (κ1) is 15.3. The van der Waals surface area contributed by atoms with E-state index in [1.807, 2.05) is 4.57 Å². The maximum atomic E-state index is 12.2. The number of rotatable bonds is 6. The Kier molecular flexibility index (Phi) is 4.45. The van der Waals surface area contributed by atoms with Gasteiger partial charge in [0.25, 0.3) is 0 Å². The van der Waals surface area contributed by atoms with Crippen LogP contribution in [0.15, 0.2) is 66.1 Å². The summed E-state index contributed by atoms with van der Waals surface area (Å²) in [5, 5.41) is 0. The predicted octanol–water partition coefficient (Wildman–Crippen LogP) is 1.32. The summed E-state index contributed by atoms with van der Waals surface area (Å²) in [5.74, 6) is 1.10. The molecule has 0 aliphatic rings. The molecule has 3 aromatic rings. The maximum Gasteiger partial charge on any atom is 0.240 e. The Hall–Kier alpha value is -2.58. The summed E-state index contributed by atoms with van der Waals surface area (Å²) in [6, 6.07) is 10.00. The normalized spacial score (nSPS) is 11.5. The van der Waals surface area contributed by atoms with Crippen LogP contribution in [0.4, 0.5) is 0 Å². The van der Waals surface area contributed by atoms with E-state index in [1.165, 1.54) is 0 Å². The van der Waals surface area contributed by atoms with E-state index in [2.05, 4.69) is 19.7 Å². The van der Waals surface area contributed by atoms with Gasteiger partial charge in [-0.2, -0.15) is 0 Å². The first-order valence-corrected chi connectivity index (χ1v) is 8.48. The number of sulfonamides is 1. The molecule has 7 nitrogen and oxygen atoms in total. The van der Waals surface area contributed by atoms with E-state index in [0.29, 0.717) is 18.2 Å². The van der Waals surface area contributed by atoms with Gasteiger partial charge in [0.15, 0.2) is 11.6 Å².